The average Bonchev–Trinajstić information content (AvgIpc) is 3.38. The Morgan fingerprint density at radius 1 is 0.341 bits per heavy atom. The molecule has 9 aromatic rings. The lowest BCUT2D eigenvalue weighted by Crippen LogP contribution is -1.93. The van der Waals surface area contributed by atoms with Crippen LogP contribution in [0.3, 0.4) is 0 Å². The van der Waals surface area contributed by atoms with Crippen molar-refractivity contribution in [2.45, 2.75) is 0 Å². The first-order chi connectivity index (χ1) is 20.3. The largest absolute Gasteiger partial charge is 0.309 e. The van der Waals surface area contributed by atoms with Gasteiger partial charge in [-0.25, -0.2) is 0 Å². The Bertz CT molecular complexity index is 2480. The standard InChI is InChI=1S/C40H25N/c1-2-10-27-24-31(20-17-26(27)9-1)41-38-16-8-7-15-36(38)40-33-21-18-30(23-29(33)19-22-39(40)41)37-25-28-11-3-4-12-32(28)34-13-5-6-14-35(34)37/h1-25H. The van der Waals surface area contributed by atoms with Crippen molar-refractivity contribution in [2.24, 2.45) is 0 Å². The van der Waals surface area contributed by atoms with E-state index in [2.05, 4.69) is 156 Å². The molecule has 0 aliphatic carbocycles. The highest BCUT2D eigenvalue weighted by Gasteiger charge is 2.16. The number of hydrogen-bond donors (Lipinski definition) is 0. The molecule has 0 bridgehead atoms. The SMILES string of the molecule is c1ccc2cc(-n3c4ccccc4c4c5ccc(-c6cc7ccccc7c7ccccc67)cc5ccc43)ccc2c1. The molecule has 0 aliphatic heterocycles. The molecular weight excluding hydrogens is 494 g/mol. The van der Waals surface area contributed by atoms with Crippen LogP contribution in [0.1, 0.15) is 0 Å². The minimum absolute atomic E-state index is 1.19. The molecule has 190 valence electrons. The van der Waals surface area contributed by atoms with Crippen molar-refractivity contribution in [3.05, 3.63) is 152 Å². The van der Waals surface area contributed by atoms with Crippen LogP contribution < -0.4 is 0 Å². The second-order valence-electron chi connectivity index (χ2n) is 11.0. The maximum Gasteiger partial charge on any atom is 0.0547 e. The van der Waals surface area contributed by atoms with Gasteiger partial charge in [0.15, 0.2) is 0 Å². The number of hydrogen-bond acceptors (Lipinski definition) is 0. The molecule has 41 heavy (non-hydrogen) atoms. The molecule has 0 amide bonds. The highest BCUT2D eigenvalue weighted by atomic mass is 15.0. The van der Waals surface area contributed by atoms with E-state index in [0.29, 0.717) is 0 Å². The summed E-state index contributed by atoms with van der Waals surface area (Å²) in [6.07, 6.45) is 0. The third kappa shape index (κ3) is 3.30. The number of para-hydroxylation sites is 1. The quantitative estimate of drug-likeness (QED) is 0.200. The molecule has 0 unspecified atom stereocenters. The van der Waals surface area contributed by atoms with Crippen molar-refractivity contribution in [3.63, 3.8) is 0 Å². The van der Waals surface area contributed by atoms with Gasteiger partial charge in [-0.05, 0) is 90.6 Å². The summed E-state index contributed by atoms with van der Waals surface area (Å²) in [5, 5.41) is 12.8. The van der Waals surface area contributed by atoms with Crippen LogP contribution in [-0.4, -0.2) is 4.57 Å². The summed E-state index contributed by atoms with van der Waals surface area (Å²) >= 11 is 0. The fraction of sp³-hybridized carbons (Fsp3) is 0. The van der Waals surface area contributed by atoms with Crippen LogP contribution in [0.25, 0.3) is 81.7 Å². The normalized spacial score (nSPS) is 11.9. The summed E-state index contributed by atoms with van der Waals surface area (Å²) in [6, 6.07) is 55.6. The van der Waals surface area contributed by atoms with Gasteiger partial charge in [0.1, 0.15) is 0 Å². The van der Waals surface area contributed by atoms with Crippen LogP contribution in [0, 0.1) is 0 Å². The Morgan fingerprint density at radius 2 is 1.00 bits per heavy atom. The number of rotatable bonds is 2. The van der Waals surface area contributed by atoms with Crippen LogP contribution in [0.4, 0.5) is 0 Å². The molecule has 0 atom stereocenters. The van der Waals surface area contributed by atoms with E-state index in [1.54, 1.807) is 0 Å². The third-order valence-corrected chi connectivity index (χ3v) is 8.72. The molecule has 0 fully saturated rings. The lowest BCUT2D eigenvalue weighted by atomic mass is 9.92. The second-order valence-corrected chi connectivity index (χ2v) is 11.0. The maximum absolute atomic E-state index is 2.42. The first kappa shape index (κ1) is 22.4. The maximum atomic E-state index is 2.42. The van der Waals surface area contributed by atoms with Gasteiger partial charge in [-0.2, -0.15) is 0 Å². The highest BCUT2D eigenvalue weighted by Crippen LogP contribution is 2.40. The monoisotopic (exact) mass is 519 g/mol. The Labute approximate surface area is 237 Å². The topological polar surface area (TPSA) is 4.93 Å². The van der Waals surface area contributed by atoms with Gasteiger partial charge in [-0.3, -0.25) is 0 Å². The van der Waals surface area contributed by atoms with E-state index in [4.69, 9.17) is 0 Å². The molecule has 8 aromatic carbocycles. The number of fused-ring (bicyclic) bond motifs is 9. The number of aromatic nitrogens is 1. The minimum Gasteiger partial charge on any atom is -0.309 e. The molecule has 0 N–H and O–H groups in total. The molecule has 0 radical (unpaired) electrons. The predicted molar refractivity (Wildman–Crippen MR) is 176 cm³/mol. The van der Waals surface area contributed by atoms with Crippen molar-refractivity contribution in [1.82, 2.24) is 4.57 Å². The smallest absolute Gasteiger partial charge is 0.0547 e. The average molecular weight is 520 g/mol. The second kappa shape index (κ2) is 8.55. The van der Waals surface area contributed by atoms with E-state index >= 15 is 0 Å². The van der Waals surface area contributed by atoms with Gasteiger partial charge < -0.3 is 4.57 Å². The molecule has 1 nitrogen and oxygen atoms in total. The Hall–Kier alpha value is -5.40. The van der Waals surface area contributed by atoms with Crippen LogP contribution in [0.5, 0.6) is 0 Å². The van der Waals surface area contributed by atoms with Gasteiger partial charge in [0, 0.05) is 16.5 Å². The van der Waals surface area contributed by atoms with Crippen molar-refractivity contribution in [1.29, 1.82) is 0 Å². The van der Waals surface area contributed by atoms with E-state index < -0.39 is 0 Å². The Kier molecular flexibility index (Phi) is 4.67. The fourth-order valence-electron chi connectivity index (χ4n) is 6.85. The molecule has 0 aliphatic rings. The first-order valence-corrected chi connectivity index (χ1v) is 14.2. The van der Waals surface area contributed by atoms with Gasteiger partial charge in [0.2, 0.25) is 0 Å². The summed E-state index contributed by atoms with van der Waals surface area (Å²) in [6.45, 7) is 0. The Balaban J connectivity index is 1.31. The third-order valence-electron chi connectivity index (χ3n) is 8.72. The van der Waals surface area contributed by atoms with E-state index in [9.17, 15) is 0 Å². The van der Waals surface area contributed by atoms with Crippen LogP contribution in [0.15, 0.2) is 152 Å². The van der Waals surface area contributed by atoms with Gasteiger partial charge in [-0.15, -0.1) is 0 Å². The zero-order valence-electron chi connectivity index (χ0n) is 22.4. The Morgan fingerprint density at radius 3 is 1.88 bits per heavy atom. The molecule has 1 aromatic heterocycles. The zero-order valence-corrected chi connectivity index (χ0v) is 22.4. The van der Waals surface area contributed by atoms with Gasteiger partial charge in [0.05, 0.1) is 11.0 Å². The van der Waals surface area contributed by atoms with Crippen LogP contribution >= 0.6 is 0 Å². The number of nitrogens with zero attached hydrogens (tertiary/aromatic N) is 1. The highest BCUT2D eigenvalue weighted by molar-refractivity contribution is 6.22. The lowest BCUT2D eigenvalue weighted by molar-refractivity contribution is 1.19. The molecule has 0 saturated carbocycles. The van der Waals surface area contributed by atoms with E-state index in [1.807, 2.05) is 0 Å². The van der Waals surface area contributed by atoms with Crippen LogP contribution in [0.2, 0.25) is 0 Å². The van der Waals surface area contributed by atoms with Crippen molar-refractivity contribution in [3.8, 4) is 16.8 Å². The molecule has 0 spiro atoms. The van der Waals surface area contributed by atoms with E-state index in [1.165, 1.54) is 81.7 Å². The summed E-state index contributed by atoms with van der Waals surface area (Å²) < 4.78 is 2.42. The predicted octanol–water partition coefficient (Wildman–Crippen LogP) is 11.1. The lowest BCUT2D eigenvalue weighted by Gasteiger charge is -2.12. The number of benzene rings is 8. The summed E-state index contributed by atoms with van der Waals surface area (Å²) in [7, 11) is 0. The summed E-state index contributed by atoms with van der Waals surface area (Å²) in [5.41, 5.74) is 6.18. The van der Waals surface area contributed by atoms with Gasteiger partial charge in [-0.1, -0.05) is 115 Å². The zero-order chi connectivity index (χ0) is 26.9. The molecule has 1 heterocycles. The fourth-order valence-corrected chi connectivity index (χ4v) is 6.85. The molecule has 9 rings (SSSR count). The van der Waals surface area contributed by atoms with Gasteiger partial charge in [0.25, 0.3) is 0 Å². The van der Waals surface area contributed by atoms with Crippen molar-refractivity contribution >= 4 is 64.9 Å². The van der Waals surface area contributed by atoms with Crippen LogP contribution in [-0.2, 0) is 0 Å². The van der Waals surface area contributed by atoms with Gasteiger partial charge >= 0.3 is 0 Å². The van der Waals surface area contributed by atoms with Crippen molar-refractivity contribution < 1.29 is 0 Å². The van der Waals surface area contributed by atoms with E-state index in [-0.39, 0.29) is 0 Å². The minimum atomic E-state index is 1.19. The van der Waals surface area contributed by atoms with Crippen molar-refractivity contribution in [2.75, 3.05) is 0 Å². The molecule has 0 saturated heterocycles. The summed E-state index contributed by atoms with van der Waals surface area (Å²) in [4.78, 5) is 0. The summed E-state index contributed by atoms with van der Waals surface area (Å²) in [5.74, 6) is 0. The molecule has 1 heteroatoms. The molecular formula is C40H25N. The first-order valence-electron chi connectivity index (χ1n) is 14.2. The van der Waals surface area contributed by atoms with E-state index in [0.717, 1.165) is 0 Å².